The molecule has 0 aliphatic heterocycles. The van der Waals surface area contributed by atoms with Gasteiger partial charge in [-0.25, -0.2) is 0 Å². The van der Waals surface area contributed by atoms with E-state index in [1.54, 1.807) is 0 Å². The van der Waals surface area contributed by atoms with Gasteiger partial charge in [0.15, 0.2) is 0 Å². The minimum absolute atomic E-state index is 0.0396. The molecule has 0 aliphatic carbocycles. The van der Waals surface area contributed by atoms with Crippen LogP contribution in [0.1, 0.15) is 25.5 Å². The van der Waals surface area contributed by atoms with Gasteiger partial charge in [-0.05, 0) is 24.6 Å². The van der Waals surface area contributed by atoms with E-state index in [4.69, 9.17) is 11.6 Å². The molecule has 0 aromatic heterocycles. The second kappa shape index (κ2) is 7.24. The molecule has 1 amide bonds. The Morgan fingerprint density at radius 2 is 2.22 bits per heavy atom. The number of alkyl halides is 1. The SMILES string of the molecule is CC(=O)NC(C)c1cccc(NCC(O)CCl)c1. The second-order valence-electron chi connectivity index (χ2n) is 4.24. The van der Waals surface area contributed by atoms with Crippen LogP contribution in [0, 0.1) is 0 Å². The molecule has 1 aromatic carbocycles. The first-order valence-corrected chi connectivity index (χ1v) is 6.41. The maximum absolute atomic E-state index is 11.0. The van der Waals surface area contributed by atoms with E-state index in [2.05, 4.69) is 10.6 Å². The molecule has 0 fully saturated rings. The maximum Gasteiger partial charge on any atom is 0.217 e. The molecule has 3 N–H and O–H groups in total. The Balaban J connectivity index is 2.64. The van der Waals surface area contributed by atoms with Crippen molar-refractivity contribution in [2.45, 2.75) is 26.0 Å². The first kappa shape index (κ1) is 14.8. The van der Waals surface area contributed by atoms with Crippen LogP contribution in [0.2, 0.25) is 0 Å². The van der Waals surface area contributed by atoms with Crippen LogP contribution < -0.4 is 10.6 Å². The van der Waals surface area contributed by atoms with Crippen molar-refractivity contribution in [3.63, 3.8) is 0 Å². The van der Waals surface area contributed by atoms with Crippen LogP contribution in [0.4, 0.5) is 5.69 Å². The number of carbonyl (C=O) groups excluding carboxylic acids is 1. The summed E-state index contributed by atoms with van der Waals surface area (Å²) in [5.74, 6) is 0.146. The Kier molecular flexibility index (Phi) is 5.95. The minimum Gasteiger partial charge on any atom is -0.390 e. The van der Waals surface area contributed by atoms with Crippen LogP contribution in [-0.2, 0) is 4.79 Å². The summed E-state index contributed by atoms with van der Waals surface area (Å²) in [6.45, 7) is 3.82. The Hall–Kier alpha value is -1.26. The predicted octanol–water partition coefficient (Wildman–Crippen LogP) is 1.90. The molecule has 0 saturated carbocycles. The van der Waals surface area contributed by atoms with Crippen LogP contribution in [0.15, 0.2) is 24.3 Å². The topological polar surface area (TPSA) is 61.4 Å². The third-order valence-electron chi connectivity index (χ3n) is 2.53. The highest BCUT2D eigenvalue weighted by molar-refractivity contribution is 6.18. The Labute approximate surface area is 112 Å². The predicted molar refractivity (Wildman–Crippen MR) is 73.9 cm³/mol. The lowest BCUT2D eigenvalue weighted by molar-refractivity contribution is -0.119. The van der Waals surface area contributed by atoms with E-state index in [0.29, 0.717) is 6.54 Å². The lowest BCUT2D eigenvalue weighted by atomic mass is 10.1. The van der Waals surface area contributed by atoms with E-state index in [-0.39, 0.29) is 17.8 Å². The molecular weight excluding hydrogens is 252 g/mol. The molecule has 0 radical (unpaired) electrons. The van der Waals surface area contributed by atoms with Gasteiger partial charge in [-0.15, -0.1) is 11.6 Å². The number of aliphatic hydroxyl groups excluding tert-OH is 1. The fourth-order valence-corrected chi connectivity index (χ4v) is 1.71. The van der Waals surface area contributed by atoms with Crippen molar-refractivity contribution in [2.24, 2.45) is 0 Å². The molecule has 0 spiro atoms. The number of carbonyl (C=O) groups is 1. The maximum atomic E-state index is 11.0. The summed E-state index contributed by atoms with van der Waals surface area (Å²) in [4.78, 5) is 11.0. The lowest BCUT2D eigenvalue weighted by Crippen LogP contribution is -2.24. The van der Waals surface area contributed by atoms with Gasteiger partial charge in [0.1, 0.15) is 0 Å². The second-order valence-corrected chi connectivity index (χ2v) is 4.55. The molecule has 0 saturated heterocycles. The standard InChI is InChI=1S/C13H19ClN2O2/c1-9(16-10(2)17)11-4-3-5-12(6-11)15-8-13(18)7-14/h3-6,9,13,15,18H,7-8H2,1-2H3,(H,16,17). The molecule has 0 aliphatic rings. The zero-order valence-corrected chi connectivity index (χ0v) is 11.4. The molecule has 18 heavy (non-hydrogen) atoms. The quantitative estimate of drug-likeness (QED) is 0.692. The molecule has 4 nitrogen and oxygen atoms in total. The van der Waals surface area contributed by atoms with Gasteiger partial charge in [-0.1, -0.05) is 12.1 Å². The van der Waals surface area contributed by atoms with Crippen molar-refractivity contribution in [2.75, 3.05) is 17.7 Å². The van der Waals surface area contributed by atoms with Crippen molar-refractivity contribution in [1.29, 1.82) is 0 Å². The van der Waals surface area contributed by atoms with Gasteiger partial charge in [0.05, 0.1) is 18.0 Å². The van der Waals surface area contributed by atoms with Crippen molar-refractivity contribution in [1.82, 2.24) is 5.32 Å². The smallest absolute Gasteiger partial charge is 0.217 e. The number of halogens is 1. The summed E-state index contributed by atoms with van der Waals surface area (Å²) in [6, 6.07) is 7.67. The molecule has 2 unspecified atom stereocenters. The van der Waals surface area contributed by atoms with Crippen LogP contribution in [-0.4, -0.2) is 29.5 Å². The van der Waals surface area contributed by atoms with E-state index in [1.165, 1.54) is 6.92 Å². The van der Waals surface area contributed by atoms with Crippen LogP contribution >= 0.6 is 11.6 Å². The van der Waals surface area contributed by atoms with Crippen LogP contribution in [0.5, 0.6) is 0 Å². The lowest BCUT2D eigenvalue weighted by Gasteiger charge is -2.15. The summed E-state index contributed by atoms with van der Waals surface area (Å²) in [6.07, 6.45) is -0.567. The van der Waals surface area contributed by atoms with Gasteiger partial charge in [-0.3, -0.25) is 4.79 Å². The van der Waals surface area contributed by atoms with Crippen LogP contribution in [0.3, 0.4) is 0 Å². The molecule has 1 aromatic rings. The summed E-state index contributed by atoms with van der Waals surface area (Å²) in [5.41, 5.74) is 1.91. The minimum atomic E-state index is -0.567. The van der Waals surface area contributed by atoms with Crippen molar-refractivity contribution < 1.29 is 9.90 Å². The van der Waals surface area contributed by atoms with E-state index >= 15 is 0 Å². The van der Waals surface area contributed by atoms with Crippen molar-refractivity contribution in [3.8, 4) is 0 Å². The van der Waals surface area contributed by atoms with E-state index in [0.717, 1.165) is 11.3 Å². The summed E-state index contributed by atoms with van der Waals surface area (Å²) in [7, 11) is 0. The first-order valence-electron chi connectivity index (χ1n) is 5.88. The zero-order valence-electron chi connectivity index (χ0n) is 10.6. The Bertz CT molecular complexity index is 398. The largest absolute Gasteiger partial charge is 0.390 e. The third kappa shape index (κ3) is 4.94. The highest BCUT2D eigenvalue weighted by Gasteiger charge is 2.07. The van der Waals surface area contributed by atoms with E-state index in [1.807, 2.05) is 31.2 Å². The van der Waals surface area contributed by atoms with Gasteiger partial charge in [-0.2, -0.15) is 0 Å². The fourth-order valence-electron chi connectivity index (χ4n) is 1.60. The third-order valence-corrected chi connectivity index (χ3v) is 2.88. The molecule has 5 heteroatoms. The number of aliphatic hydroxyl groups is 1. The summed E-state index contributed by atoms with van der Waals surface area (Å²) >= 11 is 5.52. The van der Waals surface area contributed by atoms with Gasteiger partial charge in [0.2, 0.25) is 5.91 Å². The highest BCUT2D eigenvalue weighted by Crippen LogP contribution is 2.17. The number of anilines is 1. The van der Waals surface area contributed by atoms with Crippen molar-refractivity contribution in [3.05, 3.63) is 29.8 Å². The molecular formula is C13H19ClN2O2. The van der Waals surface area contributed by atoms with Gasteiger partial charge in [0, 0.05) is 19.2 Å². The Morgan fingerprint density at radius 3 is 2.83 bits per heavy atom. The zero-order chi connectivity index (χ0) is 13.5. The van der Waals surface area contributed by atoms with Crippen LogP contribution in [0.25, 0.3) is 0 Å². The average molecular weight is 271 g/mol. The number of hydrogen-bond donors (Lipinski definition) is 3. The number of nitrogens with one attached hydrogen (secondary N) is 2. The normalized spacial score (nSPS) is 13.8. The monoisotopic (exact) mass is 270 g/mol. The molecule has 100 valence electrons. The first-order chi connectivity index (χ1) is 8.52. The Morgan fingerprint density at radius 1 is 1.50 bits per heavy atom. The van der Waals surface area contributed by atoms with Gasteiger partial charge in [0.25, 0.3) is 0 Å². The van der Waals surface area contributed by atoms with Crippen molar-refractivity contribution >= 4 is 23.2 Å². The number of amides is 1. The van der Waals surface area contributed by atoms with E-state index in [9.17, 15) is 9.90 Å². The molecule has 0 heterocycles. The highest BCUT2D eigenvalue weighted by atomic mass is 35.5. The number of rotatable bonds is 6. The molecule has 2 atom stereocenters. The molecule has 0 bridgehead atoms. The summed E-state index contributed by atoms with van der Waals surface area (Å²) < 4.78 is 0. The van der Waals surface area contributed by atoms with E-state index < -0.39 is 6.10 Å². The fraction of sp³-hybridized carbons (Fsp3) is 0.462. The van der Waals surface area contributed by atoms with Gasteiger partial charge < -0.3 is 15.7 Å². The van der Waals surface area contributed by atoms with Gasteiger partial charge >= 0.3 is 0 Å². The molecule has 1 rings (SSSR count). The summed E-state index contributed by atoms with van der Waals surface area (Å²) in [5, 5.41) is 15.3. The number of hydrogen-bond acceptors (Lipinski definition) is 3. The number of benzene rings is 1. The average Bonchev–Trinajstić information content (AvgIpc) is 2.35.